The van der Waals surface area contributed by atoms with Gasteiger partial charge in [-0.1, -0.05) is 11.1 Å². The molecule has 0 aliphatic carbocycles. The lowest BCUT2D eigenvalue weighted by molar-refractivity contribution is -0.136. The van der Waals surface area contributed by atoms with Gasteiger partial charge in [0.25, 0.3) is 0 Å². The lowest BCUT2D eigenvalue weighted by Gasteiger charge is -1.97. The third kappa shape index (κ3) is 3.87. The Morgan fingerprint density at radius 2 is 2.12 bits per heavy atom. The van der Waals surface area contributed by atoms with Crippen LogP contribution in [0.5, 0.6) is 0 Å². The van der Waals surface area contributed by atoms with Gasteiger partial charge in [-0.15, -0.1) is 0 Å². The zero-order chi connectivity index (χ0) is 12.7. The topological polar surface area (TPSA) is 84.9 Å². The van der Waals surface area contributed by atoms with E-state index in [0.717, 1.165) is 0 Å². The summed E-state index contributed by atoms with van der Waals surface area (Å²) in [6, 6.07) is 6.62. The number of hydrogen-bond donors (Lipinski definition) is 2. The van der Waals surface area contributed by atoms with Crippen molar-refractivity contribution in [2.45, 2.75) is 6.92 Å². The van der Waals surface area contributed by atoms with E-state index in [0.29, 0.717) is 17.7 Å². The van der Waals surface area contributed by atoms with E-state index in [1.807, 2.05) is 0 Å². The first-order valence-electron chi connectivity index (χ1n) is 4.94. The van der Waals surface area contributed by atoms with E-state index in [2.05, 4.69) is 21.7 Å². The number of nitrogens with two attached hydrogens (primary N) is 1. The molecule has 0 aromatic heterocycles. The molecule has 0 saturated carbocycles. The van der Waals surface area contributed by atoms with Gasteiger partial charge in [0.05, 0.1) is 6.61 Å². The fourth-order valence-electron chi connectivity index (χ4n) is 1.07. The van der Waals surface area contributed by atoms with Crippen molar-refractivity contribution in [1.29, 1.82) is 0 Å². The Bertz CT molecular complexity index is 481. The average Bonchev–Trinajstić information content (AvgIpc) is 2.36. The number of benzene rings is 1. The molecule has 1 rings (SSSR count). The minimum absolute atomic E-state index is 0.0231. The van der Waals surface area contributed by atoms with Crippen LogP contribution in [0.15, 0.2) is 29.4 Å². The highest BCUT2D eigenvalue weighted by atomic mass is 16.5. The summed E-state index contributed by atoms with van der Waals surface area (Å²) in [6.07, 6.45) is 0. The minimum Gasteiger partial charge on any atom is -0.456 e. The van der Waals surface area contributed by atoms with Crippen LogP contribution in [-0.4, -0.2) is 23.6 Å². The molecule has 17 heavy (non-hydrogen) atoms. The predicted molar refractivity (Wildman–Crippen MR) is 62.5 cm³/mol. The number of amidine groups is 1. The molecule has 0 fully saturated rings. The van der Waals surface area contributed by atoms with Crippen LogP contribution in [0, 0.1) is 11.8 Å². The van der Waals surface area contributed by atoms with E-state index in [4.69, 9.17) is 10.9 Å². The highest BCUT2D eigenvalue weighted by Gasteiger charge is 1.98. The zero-order valence-corrected chi connectivity index (χ0v) is 9.30. The maximum absolute atomic E-state index is 11.0. The third-order valence-corrected chi connectivity index (χ3v) is 1.87. The second kappa shape index (κ2) is 6.18. The van der Waals surface area contributed by atoms with Gasteiger partial charge in [-0.2, -0.15) is 0 Å². The van der Waals surface area contributed by atoms with Crippen LogP contribution >= 0.6 is 0 Å². The van der Waals surface area contributed by atoms with E-state index in [1.165, 1.54) is 0 Å². The van der Waals surface area contributed by atoms with Crippen LogP contribution in [0.2, 0.25) is 0 Å². The number of carbonyl (C=O) groups is 1. The Labute approximate surface area is 98.9 Å². The van der Waals surface area contributed by atoms with E-state index < -0.39 is 5.97 Å². The number of esters is 1. The van der Waals surface area contributed by atoms with Crippen LogP contribution in [-0.2, 0) is 9.53 Å². The van der Waals surface area contributed by atoms with Crippen molar-refractivity contribution in [2.24, 2.45) is 10.9 Å². The molecule has 1 aromatic carbocycles. The largest absolute Gasteiger partial charge is 0.456 e. The number of rotatable bonds is 2. The molecule has 0 atom stereocenters. The summed E-state index contributed by atoms with van der Waals surface area (Å²) < 4.78 is 4.66. The second-order valence-corrected chi connectivity index (χ2v) is 3.03. The van der Waals surface area contributed by atoms with Crippen LogP contribution in [0.1, 0.15) is 18.1 Å². The Kier molecular flexibility index (Phi) is 4.58. The summed E-state index contributed by atoms with van der Waals surface area (Å²) in [5, 5.41) is 11.3. The molecule has 0 heterocycles. The highest BCUT2D eigenvalue weighted by molar-refractivity contribution is 5.97. The smallest absolute Gasteiger partial charge is 0.384 e. The van der Waals surface area contributed by atoms with Gasteiger partial charge >= 0.3 is 5.97 Å². The number of ether oxygens (including phenoxy) is 1. The Balaban J connectivity index is 2.78. The van der Waals surface area contributed by atoms with E-state index in [9.17, 15) is 4.79 Å². The number of hydrogen-bond acceptors (Lipinski definition) is 4. The van der Waals surface area contributed by atoms with E-state index in [-0.39, 0.29) is 5.84 Å². The van der Waals surface area contributed by atoms with Crippen LogP contribution in [0.25, 0.3) is 0 Å². The van der Waals surface area contributed by atoms with Crippen molar-refractivity contribution in [3.63, 3.8) is 0 Å². The highest BCUT2D eigenvalue weighted by Crippen LogP contribution is 2.02. The van der Waals surface area contributed by atoms with Crippen molar-refractivity contribution in [3.05, 3.63) is 35.4 Å². The van der Waals surface area contributed by atoms with Crippen molar-refractivity contribution in [2.75, 3.05) is 6.61 Å². The van der Waals surface area contributed by atoms with Crippen LogP contribution in [0.4, 0.5) is 0 Å². The summed E-state index contributed by atoms with van der Waals surface area (Å²) in [6.45, 7) is 2.02. The van der Waals surface area contributed by atoms with Gasteiger partial charge in [-0.05, 0) is 31.2 Å². The fourth-order valence-corrected chi connectivity index (χ4v) is 1.07. The number of carbonyl (C=O) groups excluding carboxylic acids is 1. The number of oxime groups is 1. The molecule has 0 bridgehead atoms. The molecule has 0 aliphatic heterocycles. The molecule has 5 nitrogen and oxygen atoms in total. The maximum atomic E-state index is 11.0. The summed E-state index contributed by atoms with van der Waals surface area (Å²) in [7, 11) is 0. The molecule has 88 valence electrons. The summed E-state index contributed by atoms with van der Waals surface area (Å²) in [4.78, 5) is 11.0. The molecular formula is C12H12N2O3. The van der Waals surface area contributed by atoms with Crippen LogP contribution < -0.4 is 5.73 Å². The monoisotopic (exact) mass is 232 g/mol. The SMILES string of the molecule is CCOC(=O)C#Cc1ccc(C(N)=NO)cc1. The van der Waals surface area contributed by atoms with Crippen molar-refractivity contribution in [1.82, 2.24) is 0 Å². The molecule has 0 saturated heterocycles. The molecule has 0 radical (unpaired) electrons. The molecular weight excluding hydrogens is 220 g/mol. The third-order valence-electron chi connectivity index (χ3n) is 1.87. The summed E-state index contributed by atoms with van der Waals surface area (Å²) in [5.41, 5.74) is 6.62. The average molecular weight is 232 g/mol. The van der Waals surface area contributed by atoms with Crippen molar-refractivity contribution in [3.8, 4) is 11.8 Å². The quantitative estimate of drug-likeness (QED) is 0.196. The lowest BCUT2D eigenvalue weighted by atomic mass is 10.1. The van der Waals surface area contributed by atoms with Gasteiger partial charge < -0.3 is 15.7 Å². The van der Waals surface area contributed by atoms with Gasteiger partial charge in [0, 0.05) is 17.0 Å². The van der Waals surface area contributed by atoms with Crippen LogP contribution in [0.3, 0.4) is 0 Å². The Morgan fingerprint density at radius 1 is 1.47 bits per heavy atom. The van der Waals surface area contributed by atoms with Crippen molar-refractivity contribution < 1.29 is 14.7 Å². The first-order valence-corrected chi connectivity index (χ1v) is 4.94. The Hall–Kier alpha value is -2.48. The summed E-state index contributed by atoms with van der Waals surface area (Å²) in [5.74, 6) is 4.45. The van der Waals surface area contributed by atoms with E-state index >= 15 is 0 Å². The molecule has 0 aliphatic rings. The maximum Gasteiger partial charge on any atom is 0.384 e. The zero-order valence-electron chi connectivity index (χ0n) is 9.30. The normalized spacial score (nSPS) is 10.3. The van der Waals surface area contributed by atoms with Gasteiger partial charge in [0.1, 0.15) is 0 Å². The minimum atomic E-state index is -0.562. The Morgan fingerprint density at radius 3 is 2.65 bits per heavy atom. The fraction of sp³-hybridized carbons (Fsp3) is 0.167. The molecule has 0 unspecified atom stereocenters. The molecule has 3 N–H and O–H groups in total. The molecule has 1 aromatic rings. The van der Waals surface area contributed by atoms with Gasteiger partial charge in [0.2, 0.25) is 0 Å². The predicted octanol–water partition coefficient (Wildman–Crippen LogP) is 0.696. The van der Waals surface area contributed by atoms with E-state index in [1.54, 1.807) is 31.2 Å². The lowest BCUT2D eigenvalue weighted by Crippen LogP contribution is -2.12. The molecule has 0 amide bonds. The van der Waals surface area contributed by atoms with Gasteiger partial charge in [0.15, 0.2) is 5.84 Å². The standard InChI is InChI=1S/C12H12N2O3/c1-2-17-11(15)8-5-9-3-6-10(7-4-9)12(13)14-16/h3-4,6-7,16H,2H2,1H3,(H2,13,14). The molecule has 0 spiro atoms. The first kappa shape index (κ1) is 12.6. The van der Waals surface area contributed by atoms with Crippen molar-refractivity contribution >= 4 is 11.8 Å². The first-order chi connectivity index (χ1) is 8.17. The number of nitrogens with zero attached hydrogens (tertiary/aromatic N) is 1. The van der Waals surface area contributed by atoms with Gasteiger partial charge in [-0.25, -0.2) is 4.79 Å². The molecule has 5 heteroatoms. The second-order valence-electron chi connectivity index (χ2n) is 3.03. The summed E-state index contributed by atoms with van der Waals surface area (Å²) >= 11 is 0. The van der Waals surface area contributed by atoms with Gasteiger partial charge in [-0.3, -0.25) is 0 Å².